The summed E-state index contributed by atoms with van der Waals surface area (Å²) in [7, 11) is 0. The minimum atomic E-state index is 0. The zero-order chi connectivity index (χ0) is 13.0. The Balaban J connectivity index is 0.00000180. The molecule has 110 valence electrons. The number of hydrogen-bond acceptors (Lipinski definition) is 2. The lowest BCUT2D eigenvalue weighted by Gasteiger charge is -2.54. The molecule has 0 aromatic rings. The van der Waals surface area contributed by atoms with E-state index in [0.717, 1.165) is 13.0 Å². The molecule has 2 unspecified atom stereocenters. The number of guanidine groups is 1. The third kappa shape index (κ3) is 3.42. The summed E-state index contributed by atoms with van der Waals surface area (Å²) in [5.41, 5.74) is 6.20. The average Bonchev–Trinajstić information content (AvgIpc) is 2.87. The molecule has 0 bridgehead atoms. The van der Waals surface area contributed by atoms with Gasteiger partial charge in [0, 0.05) is 18.1 Å². The first-order valence-electron chi connectivity index (χ1n) is 7.02. The number of rotatable bonds is 5. The van der Waals surface area contributed by atoms with Crippen molar-refractivity contribution in [2.45, 2.75) is 51.2 Å². The van der Waals surface area contributed by atoms with Gasteiger partial charge in [0.2, 0.25) is 0 Å². The Hall–Kier alpha value is -0.300. The van der Waals surface area contributed by atoms with E-state index in [-0.39, 0.29) is 24.0 Å². The highest BCUT2D eigenvalue weighted by molar-refractivity contribution is 14.0. The average molecular weight is 379 g/mol. The van der Waals surface area contributed by atoms with Crippen LogP contribution in [0.4, 0.5) is 0 Å². The molecule has 19 heavy (non-hydrogen) atoms. The molecule has 0 radical (unpaired) electrons. The third-order valence-electron chi connectivity index (χ3n) is 4.40. The van der Waals surface area contributed by atoms with Gasteiger partial charge >= 0.3 is 0 Å². The molecule has 3 N–H and O–H groups in total. The van der Waals surface area contributed by atoms with Crippen molar-refractivity contribution >= 4 is 29.9 Å². The molecule has 2 fully saturated rings. The number of nitrogens with one attached hydrogen (secondary N) is 1. The van der Waals surface area contributed by atoms with E-state index in [1.165, 1.54) is 25.7 Å². The van der Waals surface area contributed by atoms with E-state index in [1.807, 2.05) is 0 Å². The van der Waals surface area contributed by atoms with E-state index in [4.69, 9.17) is 10.5 Å². The van der Waals surface area contributed by atoms with Gasteiger partial charge in [-0.05, 0) is 26.2 Å². The van der Waals surface area contributed by atoms with Crippen molar-refractivity contribution in [1.82, 2.24) is 5.32 Å². The molecule has 0 aromatic carbocycles. The molecule has 2 aliphatic rings. The van der Waals surface area contributed by atoms with Gasteiger partial charge in [-0.2, -0.15) is 0 Å². The summed E-state index contributed by atoms with van der Waals surface area (Å²) >= 11 is 0. The van der Waals surface area contributed by atoms with E-state index in [9.17, 15) is 0 Å². The Morgan fingerprint density at radius 2 is 2.21 bits per heavy atom. The largest absolute Gasteiger partial charge is 0.378 e. The lowest BCUT2D eigenvalue weighted by molar-refractivity contribution is -0.125. The van der Waals surface area contributed by atoms with E-state index in [0.29, 0.717) is 30.1 Å². The Labute approximate surface area is 133 Å². The summed E-state index contributed by atoms with van der Waals surface area (Å²) in [5, 5.41) is 3.37. The smallest absolute Gasteiger partial charge is 0.189 e. The van der Waals surface area contributed by atoms with Gasteiger partial charge in [0.25, 0.3) is 0 Å². The summed E-state index contributed by atoms with van der Waals surface area (Å²) in [6, 6.07) is 0.435. The second-order valence-electron chi connectivity index (χ2n) is 5.33. The normalized spacial score (nSPS) is 28.6. The van der Waals surface area contributed by atoms with E-state index < -0.39 is 0 Å². The molecule has 0 saturated heterocycles. The number of ether oxygens (including phenoxy) is 1. The van der Waals surface area contributed by atoms with Gasteiger partial charge in [0.15, 0.2) is 5.96 Å². The van der Waals surface area contributed by atoms with Gasteiger partial charge in [-0.3, -0.25) is 0 Å². The van der Waals surface area contributed by atoms with Gasteiger partial charge in [0.05, 0.1) is 12.6 Å². The molecule has 0 heterocycles. The molecule has 1 spiro atoms. The van der Waals surface area contributed by atoms with Gasteiger partial charge < -0.3 is 15.8 Å². The first-order valence-corrected chi connectivity index (χ1v) is 7.02. The van der Waals surface area contributed by atoms with E-state index in [1.54, 1.807) is 6.08 Å². The minimum Gasteiger partial charge on any atom is -0.378 e. The van der Waals surface area contributed by atoms with Crippen molar-refractivity contribution < 1.29 is 4.74 Å². The van der Waals surface area contributed by atoms with Crippen LogP contribution in [0.5, 0.6) is 0 Å². The van der Waals surface area contributed by atoms with Crippen LogP contribution in [0.25, 0.3) is 0 Å². The predicted molar refractivity (Wildman–Crippen MR) is 90.0 cm³/mol. The maximum Gasteiger partial charge on any atom is 0.189 e. The topological polar surface area (TPSA) is 59.6 Å². The van der Waals surface area contributed by atoms with Gasteiger partial charge in [-0.15, -0.1) is 30.6 Å². The highest BCUT2D eigenvalue weighted by Crippen LogP contribution is 2.54. The van der Waals surface area contributed by atoms with Gasteiger partial charge in [0.1, 0.15) is 0 Å². The standard InChI is InChI=1S/C14H25N3O.HI/c1-3-9-16-13(15)17-11-10-12(18-4-2)14(11)7-5-6-8-14;/h3,11-12H,1,4-10H2,2H3,(H3,15,16,17);1H. The Morgan fingerprint density at radius 1 is 1.53 bits per heavy atom. The summed E-state index contributed by atoms with van der Waals surface area (Å²) in [4.78, 5) is 4.21. The highest BCUT2D eigenvalue weighted by Gasteiger charge is 2.56. The van der Waals surface area contributed by atoms with Crippen molar-refractivity contribution in [2.75, 3.05) is 13.2 Å². The van der Waals surface area contributed by atoms with Crippen LogP contribution in [0.1, 0.15) is 39.0 Å². The Morgan fingerprint density at radius 3 is 2.79 bits per heavy atom. The molecule has 4 nitrogen and oxygen atoms in total. The second kappa shape index (κ2) is 7.47. The van der Waals surface area contributed by atoms with Crippen LogP contribution in [-0.2, 0) is 4.74 Å². The van der Waals surface area contributed by atoms with Crippen molar-refractivity contribution in [1.29, 1.82) is 0 Å². The molecular formula is C14H26IN3O. The fourth-order valence-corrected chi connectivity index (χ4v) is 3.48. The van der Waals surface area contributed by atoms with Crippen LogP contribution < -0.4 is 11.1 Å². The number of halogens is 1. The summed E-state index contributed by atoms with van der Waals surface area (Å²) in [6.45, 7) is 7.10. The Bertz CT molecular complexity index is 327. The fourth-order valence-electron chi connectivity index (χ4n) is 3.48. The minimum absolute atomic E-state index is 0. The predicted octanol–water partition coefficient (Wildman–Crippen LogP) is 2.43. The van der Waals surface area contributed by atoms with Crippen LogP contribution in [0.2, 0.25) is 0 Å². The highest BCUT2D eigenvalue weighted by atomic mass is 127. The lowest BCUT2D eigenvalue weighted by Crippen LogP contribution is -2.64. The molecule has 5 heteroatoms. The maximum atomic E-state index is 5.89. The van der Waals surface area contributed by atoms with Crippen LogP contribution in [0, 0.1) is 5.41 Å². The van der Waals surface area contributed by atoms with Crippen LogP contribution in [0.15, 0.2) is 17.6 Å². The SMILES string of the molecule is C=CCN=C(N)NC1CC(OCC)C12CCCC2.I. The summed E-state index contributed by atoms with van der Waals surface area (Å²) < 4.78 is 5.87. The van der Waals surface area contributed by atoms with E-state index >= 15 is 0 Å². The van der Waals surface area contributed by atoms with Crippen molar-refractivity contribution in [3.05, 3.63) is 12.7 Å². The molecule has 0 aromatic heterocycles. The van der Waals surface area contributed by atoms with Crippen molar-refractivity contribution in [3.63, 3.8) is 0 Å². The summed E-state index contributed by atoms with van der Waals surface area (Å²) in [6.07, 6.45) is 8.35. The van der Waals surface area contributed by atoms with Crippen LogP contribution in [0.3, 0.4) is 0 Å². The molecule has 0 aliphatic heterocycles. The number of nitrogens with two attached hydrogens (primary N) is 1. The number of hydrogen-bond donors (Lipinski definition) is 2. The first-order chi connectivity index (χ1) is 8.73. The molecule has 0 amide bonds. The monoisotopic (exact) mass is 379 g/mol. The zero-order valence-corrected chi connectivity index (χ0v) is 14.1. The fraction of sp³-hybridized carbons (Fsp3) is 0.786. The molecule has 2 aliphatic carbocycles. The van der Waals surface area contributed by atoms with Gasteiger partial charge in [-0.1, -0.05) is 18.9 Å². The Kier molecular flexibility index (Phi) is 6.59. The molecule has 2 saturated carbocycles. The molecule has 2 atom stereocenters. The van der Waals surface area contributed by atoms with Crippen molar-refractivity contribution in [2.24, 2.45) is 16.1 Å². The third-order valence-corrected chi connectivity index (χ3v) is 4.40. The lowest BCUT2D eigenvalue weighted by atomic mass is 9.60. The number of nitrogens with zero attached hydrogens (tertiary/aromatic N) is 1. The summed E-state index contributed by atoms with van der Waals surface area (Å²) in [5.74, 6) is 0.543. The number of aliphatic imine (C=N–C) groups is 1. The molecular weight excluding hydrogens is 353 g/mol. The molecule has 2 rings (SSSR count). The van der Waals surface area contributed by atoms with Gasteiger partial charge in [-0.25, -0.2) is 4.99 Å². The quantitative estimate of drug-likeness (QED) is 0.334. The van der Waals surface area contributed by atoms with Crippen LogP contribution in [-0.4, -0.2) is 31.3 Å². The zero-order valence-electron chi connectivity index (χ0n) is 11.7. The second-order valence-corrected chi connectivity index (χ2v) is 5.33. The van der Waals surface area contributed by atoms with E-state index in [2.05, 4.69) is 23.8 Å². The first kappa shape index (κ1) is 16.8. The van der Waals surface area contributed by atoms with Crippen molar-refractivity contribution in [3.8, 4) is 0 Å². The van der Waals surface area contributed by atoms with Crippen LogP contribution >= 0.6 is 24.0 Å². The maximum absolute atomic E-state index is 5.89.